The summed E-state index contributed by atoms with van der Waals surface area (Å²) >= 11 is 0. The first-order valence-electron chi connectivity index (χ1n) is 6.31. The third-order valence-electron chi connectivity index (χ3n) is 3.99. The predicted molar refractivity (Wildman–Crippen MR) is 59.7 cm³/mol. The average molecular weight is 213 g/mol. The first-order chi connectivity index (χ1) is 7.23. The Morgan fingerprint density at radius 1 is 1.13 bits per heavy atom. The van der Waals surface area contributed by atoms with Gasteiger partial charge in [-0.2, -0.15) is 0 Å². The number of rotatable bonds is 3. The van der Waals surface area contributed by atoms with E-state index in [1.165, 1.54) is 12.8 Å². The topological polar surface area (TPSA) is 43.7 Å². The highest BCUT2D eigenvalue weighted by molar-refractivity contribution is 4.89. The lowest BCUT2D eigenvalue weighted by Crippen LogP contribution is -2.47. The van der Waals surface area contributed by atoms with Crippen LogP contribution in [0.4, 0.5) is 0 Å². The molecule has 1 saturated heterocycles. The number of aliphatic hydroxyl groups is 2. The minimum Gasteiger partial charge on any atom is -0.395 e. The maximum absolute atomic E-state index is 10.4. The maximum atomic E-state index is 10.4. The molecule has 1 aliphatic carbocycles. The normalized spacial score (nSPS) is 32.0. The quantitative estimate of drug-likeness (QED) is 0.739. The van der Waals surface area contributed by atoms with E-state index in [1.54, 1.807) is 0 Å². The summed E-state index contributed by atoms with van der Waals surface area (Å²) < 4.78 is 0. The highest BCUT2D eigenvalue weighted by atomic mass is 16.3. The van der Waals surface area contributed by atoms with E-state index in [0.29, 0.717) is 6.04 Å². The van der Waals surface area contributed by atoms with Crippen LogP contribution in [0.3, 0.4) is 0 Å². The van der Waals surface area contributed by atoms with Crippen molar-refractivity contribution in [3.63, 3.8) is 0 Å². The second-order valence-electron chi connectivity index (χ2n) is 5.23. The van der Waals surface area contributed by atoms with E-state index in [9.17, 15) is 10.2 Å². The summed E-state index contributed by atoms with van der Waals surface area (Å²) in [7, 11) is 0. The molecule has 2 fully saturated rings. The number of hydrogen-bond donors (Lipinski definition) is 2. The lowest BCUT2D eigenvalue weighted by Gasteiger charge is -2.37. The van der Waals surface area contributed by atoms with Crippen molar-refractivity contribution in [2.24, 2.45) is 0 Å². The second kappa shape index (κ2) is 4.81. The van der Waals surface area contributed by atoms with Crippen LogP contribution >= 0.6 is 0 Å². The summed E-state index contributed by atoms with van der Waals surface area (Å²) in [5.74, 6) is 0. The predicted octanol–water partition coefficient (Wildman–Crippen LogP) is 1.14. The van der Waals surface area contributed by atoms with Gasteiger partial charge in [-0.15, -0.1) is 0 Å². The molecule has 0 aromatic heterocycles. The van der Waals surface area contributed by atoms with E-state index in [2.05, 4.69) is 4.90 Å². The van der Waals surface area contributed by atoms with Crippen molar-refractivity contribution in [3.8, 4) is 0 Å². The molecule has 0 bridgehead atoms. The highest BCUT2D eigenvalue weighted by Crippen LogP contribution is 2.30. The molecule has 0 aromatic rings. The Kier molecular flexibility index (Phi) is 3.65. The molecule has 2 N–H and O–H groups in total. The number of likely N-dealkylation sites (tertiary alicyclic amines) is 1. The van der Waals surface area contributed by atoms with Crippen LogP contribution in [0.15, 0.2) is 0 Å². The van der Waals surface area contributed by atoms with Crippen LogP contribution in [0.25, 0.3) is 0 Å². The summed E-state index contributed by atoms with van der Waals surface area (Å²) in [6, 6.07) is 0.302. The second-order valence-corrected chi connectivity index (χ2v) is 5.23. The van der Waals surface area contributed by atoms with Gasteiger partial charge in [0.2, 0.25) is 0 Å². The molecular formula is C12H23NO2. The first kappa shape index (κ1) is 11.4. The molecule has 0 amide bonds. The lowest BCUT2D eigenvalue weighted by molar-refractivity contribution is -0.0330. The van der Waals surface area contributed by atoms with Crippen LogP contribution < -0.4 is 0 Å². The molecule has 3 heteroatoms. The summed E-state index contributed by atoms with van der Waals surface area (Å²) in [6.45, 7) is 2.07. The Labute approximate surface area is 92.1 Å². The van der Waals surface area contributed by atoms with Gasteiger partial charge in [0.15, 0.2) is 0 Å². The van der Waals surface area contributed by atoms with Crippen molar-refractivity contribution in [2.75, 3.05) is 19.7 Å². The van der Waals surface area contributed by atoms with Gasteiger partial charge in [-0.25, -0.2) is 0 Å². The molecule has 1 saturated carbocycles. The van der Waals surface area contributed by atoms with E-state index in [4.69, 9.17) is 0 Å². The van der Waals surface area contributed by atoms with E-state index in [0.717, 1.165) is 45.2 Å². The maximum Gasteiger partial charge on any atom is 0.0774 e. The molecule has 2 aliphatic rings. The van der Waals surface area contributed by atoms with E-state index in [1.807, 2.05) is 0 Å². The summed E-state index contributed by atoms with van der Waals surface area (Å²) in [5, 5.41) is 19.6. The fourth-order valence-electron chi connectivity index (χ4n) is 3.06. The SMILES string of the molecule is OC[C@H]1CCCN1CC1(O)CCCCC1. The van der Waals surface area contributed by atoms with Crippen LogP contribution in [0.1, 0.15) is 44.9 Å². The van der Waals surface area contributed by atoms with E-state index in [-0.39, 0.29) is 6.61 Å². The zero-order valence-electron chi connectivity index (χ0n) is 9.49. The van der Waals surface area contributed by atoms with Crippen molar-refractivity contribution in [3.05, 3.63) is 0 Å². The average Bonchev–Trinajstić information content (AvgIpc) is 2.65. The monoisotopic (exact) mass is 213 g/mol. The van der Waals surface area contributed by atoms with Gasteiger partial charge in [0.05, 0.1) is 12.2 Å². The zero-order valence-corrected chi connectivity index (χ0v) is 9.49. The standard InChI is InChI=1S/C12H23NO2/c14-9-11-5-4-8-13(11)10-12(15)6-2-1-3-7-12/h11,14-15H,1-10H2/t11-/m1/s1. The Hall–Kier alpha value is -0.120. The molecule has 0 spiro atoms. The van der Waals surface area contributed by atoms with Crippen LogP contribution in [-0.2, 0) is 0 Å². The number of hydrogen-bond acceptors (Lipinski definition) is 3. The van der Waals surface area contributed by atoms with E-state index >= 15 is 0 Å². The van der Waals surface area contributed by atoms with Crippen LogP contribution in [0.5, 0.6) is 0 Å². The molecule has 1 heterocycles. The van der Waals surface area contributed by atoms with Gasteiger partial charge in [0.1, 0.15) is 0 Å². The summed E-state index contributed by atoms with van der Waals surface area (Å²) in [4.78, 5) is 2.28. The van der Waals surface area contributed by atoms with Crippen molar-refractivity contribution in [1.29, 1.82) is 0 Å². The molecule has 0 aromatic carbocycles. The van der Waals surface area contributed by atoms with Gasteiger partial charge in [-0.05, 0) is 32.2 Å². The molecule has 0 unspecified atom stereocenters. The third kappa shape index (κ3) is 2.71. The van der Waals surface area contributed by atoms with Gasteiger partial charge in [-0.1, -0.05) is 19.3 Å². The van der Waals surface area contributed by atoms with Crippen molar-refractivity contribution >= 4 is 0 Å². The Morgan fingerprint density at radius 2 is 1.87 bits per heavy atom. The highest BCUT2D eigenvalue weighted by Gasteiger charge is 2.35. The van der Waals surface area contributed by atoms with Gasteiger partial charge in [0, 0.05) is 12.6 Å². The molecule has 0 radical (unpaired) electrons. The number of β-amino-alcohol motifs (C(OH)–C–C–N with tert-alkyl or cyclic N) is 1. The lowest BCUT2D eigenvalue weighted by atomic mass is 9.84. The zero-order chi connectivity index (χ0) is 10.7. The molecule has 1 aliphatic heterocycles. The molecule has 88 valence electrons. The molecule has 2 rings (SSSR count). The molecule has 15 heavy (non-hydrogen) atoms. The van der Waals surface area contributed by atoms with Crippen molar-refractivity contribution in [1.82, 2.24) is 4.90 Å². The fourth-order valence-corrected chi connectivity index (χ4v) is 3.06. The Bertz CT molecular complexity index is 202. The van der Waals surface area contributed by atoms with Gasteiger partial charge >= 0.3 is 0 Å². The molecule has 1 atom stereocenters. The Morgan fingerprint density at radius 3 is 2.53 bits per heavy atom. The van der Waals surface area contributed by atoms with Crippen LogP contribution in [0.2, 0.25) is 0 Å². The third-order valence-corrected chi connectivity index (χ3v) is 3.99. The smallest absolute Gasteiger partial charge is 0.0774 e. The van der Waals surface area contributed by atoms with Crippen molar-refractivity contribution < 1.29 is 10.2 Å². The van der Waals surface area contributed by atoms with Crippen LogP contribution in [0, 0.1) is 0 Å². The number of aliphatic hydroxyl groups excluding tert-OH is 1. The summed E-state index contributed by atoms with van der Waals surface area (Å²) in [6.07, 6.45) is 7.74. The van der Waals surface area contributed by atoms with Crippen molar-refractivity contribution in [2.45, 2.75) is 56.6 Å². The first-order valence-corrected chi connectivity index (χ1v) is 6.31. The largest absolute Gasteiger partial charge is 0.395 e. The molecule has 3 nitrogen and oxygen atoms in total. The number of nitrogens with zero attached hydrogens (tertiary/aromatic N) is 1. The van der Waals surface area contributed by atoms with Crippen LogP contribution in [-0.4, -0.2) is 46.5 Å². The van der Waals surface area contributed by atoms with Gasteiger partial charge in [-0.3, -0.25) is 4.90 Å². The Balaban J connectivity index is 1.88. The minimum atomic E-state index is -0.462. The van der Waals surface area contributed by atoms with E-state index < -0.39 is 5.60 Å². The fraction of sp³-hybridized carbons (Fsp3) is 1.00. The molecular weight excluding hydrogens is 190 g/mol. The van der Waals surface area contributed by atoms with Gasteiger partial charge < -0.3 is 10.2 Å². The summed E-state index contributed by atoms with van der Waals surface area (Å²) in [5.41, 5.74) is -0.462. The van der Waals surface area contributed by atoms with Gasteiger partial charge in [0.25, 0.3) is 0 Å². The minimum absolute atomic E-state index is 0.246.